The molecule has 3 heterocycles. The lowest BCUT2D eigenvalue weighted by molar-refractivity contribution is -0.317. The van der Waals surface area contributed by atoms with Crippen LogP contribution in [0.25, 0.3) is 0 Å². The smallest absolute Gasteiger partial charge is 0.339 e. The number of esters is 2. The van der Waals surface area contributed by atoms with Gasteiger partial charge in [0.05, 0.1) is 32.3 Å². The second kappa shape index (κ2) is 10.0. The standard InChI is InChI=1S/C26H34O12/c1-25-8-15(12-6-7-35-11-12)38-24(32)26(25,33)9-16(18-13(22(31)34-2)4-3-5-14(18)25)36-23-21(30)20(29)19(28)17(10-27)37-23/h6-7,11,14-17,19-21,23,27-30,33H,3-5,8-10H2,1-2H3. The molecule has 1 aromatic rings. The van der Waals surface area contributed by atoms with E-state index in [9.17, 15) is 35.1 Å². The van der Waals surface area contributed by atoms with Crippen molar-refractivity contribution in [2.24, 2.45) is 11.3 Å². The van der Waals surface area contributed by atoms with Crippen LogP contribution in [-0.4, -0.2) is 93.6 Å². The van der Waals surface area contributed by atoms with Crippen molar-refractivity contribution in [3.05, 3.63) is 35.3 Å². The molecule has 0 aromatic carbocycles. The molecule has 12 heteroatoms. The van der Waals surface area contributed by atoms with Crippen molar-refractivity contribution in [3.8, 4) is 0 Å². The molecule has 2 aliphatic carbocycles. The first kappa shape index (κ1) is 27.3. The van der Waals surface area contributed by atoms with E-state index in [1.54, 1.807) is 13.0 Å². The summed E-state index contributed by atoms with van der Waals surface area (Å²) >= 11 is 0. The van der Waals surface area contributed by atoms with Gasteiger partial charge in [0, 0.05) is 23.0 Å². The van der Waals surface area contributed by atoms with Crippen LogP contribution in [0.4, 0.5) is 0 Å². The van der Waals surface area contributed by atoms with Gasteiger partial charge in [-0.3, -0.25) is 0 Å². The second-order valence-corrected chi connectivity index (χ2v) is 10.8. The molecule has 0 amide bonds. The number of furan rings is 1. The maximum absolute atomic E-state index is 13.4. The number of aliphatic hydroxyl groups excluding tert-OH is 4. The molecule has 5 rings (SSSR count). The van der Waals surface area contributed by atoms with E-state index in [1.807, 2.05) is 0 Å². The SMILES string of the molecule is COC(=O)C1=C2C(OC3OC(CO)C(O)C(O)C3O)CC3(O)C(=O)OC(c4ccoc4)CC3(C)C2CCC1. The highest BCUT2D eigenvalue weighted by Gasteiger charge is 2.67. The number of carbonyl (C=O) groups is 2. The Morgan fingerprint density at radius 2 is 1.95 bits per heavy atom. The highest BCUT2D eigenvalue weighted by Crippen LogP contribution is 2.62. The first-order chi connectivity index (χ1) is 18.1. The van der Waals surface area contributed by atoms with Gasteiger partial charge in [-0.1, -0.05) is 6.92 Å². The average molecular weight is 539 g/mol. The Morgan fingerprint density at radius 1 is 1.18 bits per heavy atom. The second-order valence-electron chi connectivity index (χ2n) is 10.8. The molecule has 1 saturated carbocycles. The molecular formula is C26H34O12. The Hall–Kier alpha value is -2.32. The van der Waals surface area contributed by atoms with Crippen LogP contribution < -0.4 is 0 Å². The maximum Gasteiger partial charge on any atom is 0.339 e. The van der Waals surface area contributed by atoms with E-state index in [4.69, 9.17) is 23.4 Å². The van der Waals surface area contributed by atoms with E-state index >= 15 is 0 Å². The van der Waals surface area contributed by atoms with Gasteiger partial charge in [-0.2, -0.15) is 0 Å². The number of cyclic esters (lactones) is 1. The van der Waals surface area contributed by atoms with Crippen molar-refractivity contribution in [1.29, 1.82) is 0 Å². The fourth-order valence-electron chi connectivity index (χ4n) is 6.70. The normalized spacial score (nSPS) is 43.2. The molecule has 4 aliphatic rings. The van der Waals surface area contributed by atoms with E-state index < -0.39 is 78.4 Å². The third kappa shape index (κ3) is 4.10. The molecule has 10 atom stereocenters. The van der Waals surface area contributed by atoms with Gasteiger partial charge in [-0.25, -0.2) is 9.59 Å². The summed E-state index contributed by atoms with van der Waals surface area (Å²) in [5.41, 5.74) is -1.53. The summed E-state index contributed by atoms with van der Waals surface area (Å²) in [6.45, 7) is 1.15. The predicted molar refractivity (Wildman–Crippen MR) is 125 cm³/mol. The van der Waals surface area contributed by atoms with Crippen LogP contribution in [0.3, 0.4) is 0 Å². The summed E-state index contributed by atoms with van der Waals surface area (Å²) in [4.78, 5) is 26.3. The zero-order valence-corrected chi connectivity index (χ0v) is 21.2. The van der Waals surface area contributed by atoms with Crippen molar-refractivity contribution in [3.63, 3.8) is 0 Å². The van der Waals surface area contributed by atoms with E-state index in [1.165, 1.54) is 19.6 Å². The van der Waals surface area contributed by atoms with E-state index in [0.29, 0.717) is 36.0 Å². The maximum atomic E-state index is 13.4. The van der Waals surface area contributed by atoms with Crippen molar-refractivity contribution < 1.29 is 58.5 Å². The number of methoxy groups -OCH3 is 1. The Morgan fingerprint density at radius 3 is 2.61 bits per heavy atom. The number of fused-ring (bicyclic) bond motifs is 3. The van der Waals surface area contributed by atoms with Gasteiger partial charge in [-0.15, -0.1) is 0 Å². The Bertz CT molecular complexity index is 1080. The monoisotopic (exact) mass is 538 g/mol. The van der Waals surface area contributed by atoms with Crippen LogP contribution in [-0.2, 0) is 28.5 Å². The minimum atomic E-state index is -2.02. The molecule has 5 N–H and O–H groups in total. The number of rotatable bonds is 5. The third-order valence-corrected chi connectivity index (χ3v) is 8.88. The molecular weight excluding hydrogens is 504 g/mol. The van der Waals surface area contributed by atoms with Gasteiger partial charge in [-0.05, 0) is 43.2 Å². The first-order valence-electron chi connectivity index (χ1n) is 12.8. The Kier molecular flexibility index (Phi) is 7.18. The highest BCUT2D eigenvalue weighted by molar-refractivity contribution is 5.90. The summed E-state index contributed by atoms with van der Waals surface area (Å²) in [6, 6.07) is 1.69. The fraction of sp³-hybridized carbons (Fsp3) is 0.692. The summed E-state index contributed by atoms with van der Waals surface area (Å²) in [5.74, 6) is -1.91. The lowest BCUT2D eigenvalue weighted by atomic mass is 9.50. The minimum Gasteiger partial charge on any atom is -0.472 e. The minimum absolute atomic E-state index is 0.254. The van der Waals surface area contributed by atoms with E-state index in [2.05, 4.69) is 0 Å². The number of hydrogen-bond donors (Lipinski definition) is 5. The zero-order chi connectivity index (χ0) is 27.4. The molecule has 1 aromatic heterocycles. The zero-order valence-electron chi connectivity index (χ0n) is 21.2. The van der Waals surface area contributed by atoms with Crippen molar-refractivity contribution in [1.82, 2.24) is 0 Å². The Labute approximate surface area is 218 Å². The molecule has 2 saturated heterocycles. The number of hydrogen-bond acceptors (Lipinski definition) is 12. The molecule has 12 nitrogen and oxygen atoms in total. The molecule has 38 heavy (non-hydrogen) atoms. The molecule has 2 aliphatic heterocycles. The molecule has 0 spiro atoms. The number of ether oxygens (including phenoxy) is 4. The van der Waals surface area contributed by atoms with Crippen molar-refractivity contribution in [2.75, 3.05) is 13.7 Å². The van der Waals surface area contributed by atoms with Crippen molar-refractivity contribution in [2.45, 2.75) is 87.5 Å². The predicted octanol–water partition coefficient (Wildman–Crippen LogP) is -0.136. The quantitative estimate of drug-likeness (QED) is 0.313. The molecule has 210 valence electrons. The average Bonchev–Trinajstić information content (AvgIpc) is 3.45. The Balaban J connectivity index is 1.56. The van der Waals surface area contributed by atoms with Crippen LogP contribution in [0.2, 0.25) is 0 Å². The lowest BCUT2D eigenvalue weighted by Crippen LogP contribution is -2.67. The molecule has 3 fully saturated rings. The number of aliphatic hydroxyl groups is 5. The summed E-state index contributed by atoms with van der Waals surface area (Å²) in [6.07, 6.45) is -5.09. The van der Waals surface area contributed by atoms with Crippen LogP contribution in [0.15, 0.2) is 34.2 Å². The highest BCUT2D eigenvalue weighted by atomic mass is 16.7. The van der Waals surface area contributed by atoms with Gasteiger partial charge >= 0.3 is 11.9 Å². The fourth-order valence-corrected chi connectivity index (χ4v) is 6.70. The lowest BCUT2D eigenvalue weighted by Gasteiger charge is -2.59. The van der Waals surface area contributed by atoms with Crippen molar-refractivity contribution >= 4 is 11.9 Å². The summed E-state index contributed by atoms with van der Waals surface area (Å²) in [5, 5.41) is 52.6. The number of carbonyl (C=O) groups excluding carboxylic acids is 2. The summed E-state index contributed by atoms with van der Waals surface area (Å²) < 4.78 is 27.5. The largest absolute Gasteiger partial charge is 0.472 e. The van der Waals surface area contributed by atoms with Crippen LogP contribution in [0, 0.1) is 11.3 Å². The molecule has 10 unspecified atom stereocenters. The van der Waals surface area contributed by atoms with Gasteiger partial charge < -0.3 is 48.9 Å². The van der Waals surface area contributed by atoms with Crippen LogP contribution in [0.1, 0.15) is 50.7 Å². The van der Waals surface area contributed by atoms with E-state index in [-0.39, 0.29) is 12.8 Å². The summed E-state index contributed by atoms with van der Waals surface area (Å²) in [7, 11) is 1.26. The van der Waals surface area contributed by atoms with Gasteiger partial charge in [0.1, 0.15) is 30.5 Å². The van der Waals surface area contributed by atoms with Crippen LogP contribution in [0.5, 0.6) is 0 Å². The van der Waals surface area contributed by atoms with Gasteiger partial charge in [0.25, 0.3) is 0 Å². The van der Waals surface area contributed by atoms with Gasteiger partial charge in [0.15, 0.2) is 11.9 Å². The van der Waals surface area contributed by atoms with E-state index in [0.717, 1.165) is 0 Å². The topological polar surface area (TPSA) is 185 Å². The third-order valence-electron chi connectivity index (χ3n) is 8.88. The molecule has 0 bridgehead atoms. The van der Waals surface area contributed by atoms with Crippen LogP contribution >= 0.6 is 0 Å². The first-order valence-corrected chi connectivity index (χ1v) is 12.8. The van der Waals surface area contributed by atoms with Gasteiger partial charge in [0.2, 0.25) is 0 Å². The molecule has 0 radical (unpaired) electrons.